The van der Waals surface area contributed by atoms with Gasteiger partial charge in [0, 0.05) is 29.4 Å². The molecule has 0 aliphatic heterocycles. The van der Waals surface area contributed by atoms with Crippen molar-refractivity contribution >= 4 is 39.5 Å². The Bertz CT molecular complexity index is 1700. The third-order valence-corrected chi connectivity index (χ3v) is 5.97. The smallest absolute Gasteiger partial charge is 0.810 e. The number of hydrogen-bond acceptors (Lipinski definition) is 3. The van der Waals surface area contributed by atoms with Crippen molar-refractivity contribution in [2.45, 2.75) is 6.92 Å². The van der Waals surface area contributed by atoms with Crippen LogP contribution in [-0.2, 0) is 20.1 Å². The van der Waals surface area contributed by atoms with Gasteiger partial charge in [0.2, 0.25) is 0 Å². The molecule has 6 aromatic rings. The zero-order valence-corrected chi connectivity index (χ0v) is 23.1. The van der Waals surface area contributed by atoms with E-state index in [9.17, 15) is 0 Å². The molecule has 0 spiro atoms. The molecular weight excluding hydrogens is 645 g/mol. The van der Waals surface area contributed by atoms with Gasteiger partial charge in [-0.1, -0.05) is 43.3 Å². The molecular formula is C33H23IrN4. The summed E-state index contributed by atoms with van der Waals surface area (Å²) >= 11 is 0. The van der Waals surface area contributed by atoms with Crippen molar-refractivity contribution in [1.29, 1.82) is 0 Å². The number of pyridine rings is 1. The van der Waals surface area contributed by atoms with Crippen LogP contribution in [0.3, 0.4) is 0 Å². The molecule has 0 aliphatic carbocycles. The van der Waals surface area contributed by atoms with E-state index < -0.39 is 0 Å². The van der Waals surface area contributed by atoms with Gasteiger partial charge in [0.05, 0.1) is 11.3 Å². The summed E-state index contributed by atoms with van der Waals surface area (Å²) in [6.07, 6.45) is 8.71. The zero-order chi connectivity index (χ0) is 25.5. The van der Waals surface area contributed by atoms with Crippen LogP contribution in [0.2, 0.25) is 0 Å². The first-order valence-corrected chi connectivity index (χ1v) is 11.9. The van der Waals surface area contributed by atoms with Gasteiger partial charge in [0.25, 0.3) is 0 Å². The molecule has 6 rings (SSSR count). The number of aromatic nitrogens is 3. The Hall–Kier alpha value is -4.31. The van der Waals surface area contributed by atoms with Gasteiger partial charge in [-0.05, 0) is 28.6 Å². The Morgan fingerprint density at radius 1 is 0.789 bits per heavy atom. The average molecular weight is 668 g/mol. The predicted octanol–water partition coefficient (Wildman–Crippen LogP) is 7.68. The first-order chi connectivity index (χ1) is 18.2. The van der Waals surface area contributed by atoms with Crippen LogP contribution in [-0.4, -0.2) is 21.2 Å². The van der Waals surface area contributed by atoms with Gasteiger partial charge in [-0.3, -0.25) is 15.0 Å². The van der Waals surface area contributed by atoms with Crippen LogP contribution in [0.25, 0.3) is 50.1 Å². The molecule has 0 atom stereocenters. The Morgan fingerprint density at radius 2 is 1.55 bits per heavy atom. The number of fused-ring (bicyclic) bond motifs is 3. The van der Waals surface area contributed by atoms with Crippen molar-refractivity contribution in [3.8, 4) is 11.4 Å². The second-order valence-corrected chi connectivity index (χ2v) is 8.43. The minimum Gasteiger partial charge on any atom is -0.810 e. The van der Waals surface area contributed by atoms with Crippen molar-refractivity contribution in [3.63, 3.8) is 0 Å². The van der Waals surface area contributed by atoms with E-state index in [4.69, 9.17) is 5.41 Å². The number of allylic oxidation sites excluding steroid dienone is 1. The van der Waals surface area contributed by atoms with Crippen LogP contribution in [0.15, 0.2) is 110 Å². The number of hydrogen-bond donors (Lipinski definition) is 0. The molecule has 0 amide bonds. The van der Waals surface area contributed by atoms with Crippen molar-refractivity contribution in [3.05, 3.63) is 144 Å². The van der Waals surface area contributed by atoms with Gasteiger partial charge >= 0.3 is 20.1 Å². The molecule has 4 nitrogen and oxygen atoms in total. The molecule has 4 aromatic carbocycles. The molecule has 5 heteroatoms. The van der Waals surface area contributed by atoms with E-state index >= 15 is 0 Å². The third kappa shape index (κ3) is 6.15. The van der Waals surface area contributed by atoms with Crippen LogP contribution in [0, 0.1) is 12.1 Å². The summed E-state index contributed by atoms with van der Waals surface area (Å²) in [5.74, 6) is 0.700. The Labute approximate surface area is 236 Å². The van der Waals surface area contributed by atoms with Gasteiger partial charge in [0.1, 0.15) is 0 Å². The van der Waals surface area contributed by atoms with Crippen LogP contribution >= 0.6 is 0 Å². The minimum atomic E-state index is 0. The molecule has 0 bridgehead atoms. The largest absolute Gasteiger partial charge is 3.00 e. The van der Waals surface area contributed by atoms with Gasteiger partial charge in [0.15, 0.2) is 0 Å². The molecule has 184 valence electrons. The molecule has 2 heterocycles. The monoisotopic (exact) mass is 668 g/mol. The second kappa shape index (κ2) is 12.8. The van der Waals surface area contributed by atoms with Crippen molar-refractivity contribution in [1.82, 2.24) is 15.0 Å². The quantitative estimate of drug-likeness (QED) is 0.0839. The molecule has 0 saturated carbocycles. The fourth-order valence-corrected chi connectivity index (χ4v) is 4.05. The van der Waals surface area contributed by atoms with Crippen LogP contribution in [0.5, 0.6) is 0 Å². The molecule has 0 unspecified atom stereocenters. The fraction of sp³-hybridized carbons (Fsp3) is 0.0303. The molecule has 0 radical (unpaired) electrons. The maximum atomic E-state index is 9.14. The normalized spacial score (nSPS) is 10.8. The standard InChI is InChI=1S/C17H10N3.C16H13N.Ir/c1-2-4-12(5-3-1)17-19-11-15-14-8-9-18-10-13(14)6-7-16(15)20-17;1-13(14-7-3-2-4-8-14)11-15-9-5-6-10-16(15)12-17;/h1-4,6-11H;2-7,9-12H,1H3;/q-1;-2;+3/b;13-11+;. The van der Waals surface area contributed by atoms with Crippen molar-refractivity contribution in [2.75, 3.05) is 0 Å². The Kier molecular flexibility index (Phi) is 8.99. The SMILES string of the molecule is C/C(=C\c1ccccc1C=[N-])c1[c-]cccc1.[Ir+3].[c-]1ccccc1-c1ncc2c(ccc3cnccc32)n1. The van der Waals surface area contributed by atoms with Gasteiger partial charge in [-0.25, -0.2) is 0 Å². The summed E-state index contributed by atoms with van der Waals surface area (Å²) in [7, 11) is 0. The van der Waals surface area contributed by atoms with E-state index in [1.54, 1.807) is 6.20 Å². The van der Waals surface area contributed by atoms with E-state index in [-0.39, 0.29) is 20.1 Å². The topological polar surface area (TPSA) is 61.0 Å². The third-order valence-electron chi connectivity index (χ3n) is 5.97. The molecule has 0 N–H and O–H groups in total. The number of rotatable bonds is 4. The maximum Gasteiger partial charge on any atom is 3.00 e. The van der Waals surface area contributed by atoms with Gasteiger partial charge in [-0.2, -0.15) is 6.21 Å². The van der Waals surface area contributed by atoms with E-state index in [1.165, 1.54) is 0 Å². The maximum absolute atomic E-state index is 9.14. The summed E-state index contributed by atoms with van der Waals surface area (Å²) < 4.78 is 0. The van der Waals surface area contributed by atoms with E-state index in [2.05, 4.69) is 27.1 Å². The van der Waals surface area contributed by atoms with E-state index in [0.29, 0.717) is 5.82 Å². The van der Waals surface area contributed by atoms with Crippen LogP contribution < -0.4 is 0 Å². The van der Waals surface area contributed by atoms with Crippen LogP contribution in [0.1, 0.15) is 23.6 Å². The Morgan fingerprint density at radius 3 is 2.29 bits per heavy atom. The average Bonchev–Trinajstić information content (AvgIpc) is 2.98. The number of benzene rings is 4. The summed E-state index contributed by atoms with van der Waals surface area (Å²) in [5, 5.41) is 12.4. The molecule has 0 aliphatic rings. The summed E-state index contributed by atoms with van der Waals surface area (Å²) in [4.78, 5) is 13.2. The van der Waals surface area contributed by atoms with Crippen molar-refractivity contribution < 1.29 is 20.1 Å². The fourth-order valence-electron chi connectivity index (χ4n) is 4.05. The predicted molar refractivity (Wildman–Crippen MR) is 153 cm³/mol. The van der Waals surface area contributed by atoms with Gasteiger partial charge < -0.3 is 5.41 Å². The molecule has 0 fully saturated rings. The zero-order valence-electron chi connectivity index (χ0n) is 20.7. The molecule has 2 aromatic heterocycles. The minimum absolute atomic E-state index is 0. The Balaban J connectivity index is 0.000000175. The van der Waals surface area contributed by atoms with Crippen LogP contribution in [0.4, 0.5) is 0 Å². The van der Waals surface area contributed by atoms with E-state index in [1.807, 2.05) is 116 Å². The van der Waals surface area contributed by atoms with Crippen molar-refractivity contribution in [2.24, 2.45) is 0 Å². The van der Waals surface area contributed by atoms with E-state index in [0.717, 1.165) is 55.7 Å². The molecule has 38 heavy (non-hydrogen) atoms. The summed E-state index contributed by atoms with van der Waals surface area (Å²) in [6.45, 7) is 2.04. The number of nitrogens with zero attached hydrogens (tertiary/aromatic N) is 4. The first kappa shape index (κ1) is 26.7. The summed E-state index contributed by atoms with van der Waals surface area (Å²) in [5.41, 5.74) is 5.86. The second-order valence-electron chi connectivity index (χ2n) is 8.43. The molecule has 0 saturated heterocycles. The first-order valence-electron chi connectivity index (χ1n) is 11.9. The summed E-state index contributed by atoms with van der Waals surface area (Å²) in [6, 6.07) is 35.7. The van der Waals surface area contributed by atoms with Gasteiger partial charge in [-0.15, -0.1) is 77.4 Å².